The van der Waals surface area contributed by atoms with Crippen molar-refractivity contribution in [3.8, 4) is 5.69 Å². The lowest BCUT2D eigenvalue weighted by atomic mass is 10.1. The normalized spacial score (nSPS) is 15.1. The van der Waals surface area contributed by atoms with Gasteiger partial charge in [0.1, 0.15) is 4.83 Å². The molecule has 8 heteroatoms. The van der Waals surface area contributed by atoms with E-state index < -0.39 is 17.6 Å². The lowest BCUT2D eigenvalue weighted by molar-refractivity contribution is -0.146. The lowest BCUT2D eigenvalue weighted by Gasteiger charge is -2.15. The maximum Gasteiger partial charge on any atom is 0.450 e. The Morgan fingerprint density at radius 3 is 2.65 bits per heavy atom. The molecule has 1 aliphatic rings. The van der Waals surface area contributed by atoms with Crippen LogP contribution in [0.1, 0.15) is 35.5 Å². The number of aryl methyl sites for hydroxylation is 2. The number of alkyl halides is 3. The number of hydrogen-bond acceptors (Lipinski definition) is 3. The minimum absolute atomic E-state index is 0.0674. The van der Waals surface area contributed by atoms with E-state index in [0.717, 1.165) is 36.1 Å². The summed E-state index contributed by atoms with van der Waals surface area (Å²) in [5, 5.41) is 0.576. The van der Waals surface area contributed by atoms with Crippen molar-refractivity contribution < 1.29 is 13.2 Å². The van der Waals surface area contributed by atoms with Gasteiger partial charge < -0.3 is 0 Å². The van der Waals surface area contributed by atoms with E-state index in [0.29, 0.717) is 16.4 Å². The van der Waals surface area contributed by atoms with Crippen molar-refractivity contribution in [2.24, 2.45) is 0 Å². The van der Waals surface area contributed by atoms with Gasteiger partial charge in [-0.25, -0.2) is 4.98 Å². The van der Waals surface area contributed by atoms with E-state index in [4.69, 9.17) is 11.6 Å². The van der Waals surface area contributed by atoms with Crippen molar-refractivity contribution in [3.05, 3.63) is 55.9 Å². The van der Waals surface area contributed by atoms with E-state index in [1.54, 1.807) is 6.07 Å². The molecule has 0 N–H and O–H groups in total. The molecular formula is C18H14ClF3N2OS. The Morgan fingerprint density at radius 1 is 1.15 bits per heavy atom. The van der Waals surface area contributed by atoms with Gasteiger partial charge in [-0.05, 0) is 49.4 Å². The molecule has 2 heterocycles. The topological polar surface area (TPSA) is 34.9 Å². The van der Waals surface area contributed by atoms with Crippen molar-refractivity contribution in [3.63, 3.8) is 0 Å². The first kappa shape index (κ1) is 17.5. The highest BCUT2D eigenvalue weighted by Crippen LogP contribution is 2.36. The summed E-state index contributed by atoms with van der Waals surface area (Å²) in [7, 11) is 0. The summed E-state index contributed by atoms with van der Waals surface area (Å²) in [5.74, 6) is -1.21. The second-order valence-electron chi connectivity index (χ2n) is 6.30. The minimum Gasteiger partial charge on any atom is -0.268 e. The van der Waals surface area contributed by atoms with E-state index in [9.17, 15) is 18.0 Å². The van der Waals surface area contributed by atoms with Gasteiger partial charge in [0.2, 0.25) is 5.82 Å². The van der Waals surface area contributed by atoms with E-state index in [2.05, 4.69) is 4.98 Å². The van der Waals surface area contributed by atoms with Crippen LogP contribution in [0.25, 0.3) is 15.9 Å². The summed E-state index contributed by atoms with van der Waals surface area (Å²) >= 11 is 7.15. The highest BCUT2D eigenvalue weighted by Gasteiger charge is 2.38. The van der Waals surface area contributed by atoms with Crippen molar-refractivity contribution in [2.75, 3.05) is 0 Å². The summed E-state index contributed by atoms with van der Waals surface area (Å²) in [6, 6.07) is 5.84. The van der Waals surface area contributed by atoms with Crippen LogP contribution in [-0.4, -0.2) is 9.55 Å². The Bertz CT molecular complexity index is 1050. The molecule has 4 rings (SSSR count). The third kappa shape index (κ3) is 2.93. The zero-order chi connectivity index (χ0) is 18.5. The Morgan fingerprint density at radius 2 is 1.92 bits per heavy atom. The molecule has 0 radical (unpaired) electrons. The van der Waals surface area contributed by atoms with Crippen LogP contribution < -0.4 is 5.56 Å². The van der Waals surface area contributed by atoms with Gasteiger partial charge in [-0.2, -0.15) is 13.2 Å². The molecule has 0 saturated carbocycles. The minimum atomic E-state index is -4.75. The number of fused-ring (bicyclic) bond motifs is 3. The van der Waals surface area contributed by atoms with Crippen molar-refractivity contribution in [1.82, 2.24) is 9.55 Å². The zero-order valence-corrected chi connectivity index (χ0v) is 15.1. The molecule has 0 atom stereocenters. The molecule has 1 aromatic carbocycles. The molecule has 0 unspecified atom stereocenters. The average molecular weight is 399 g/mol. The lowest BCUT2D eigenvalue weighted by Crippen LogP contribution is -2.28. The van der Waals surface area contributed by atoms with Crippen LogP contribution in [-0.2, 0) is 19.0 Å². The Labute approximate surface area is 156 Å². The Hall–Kier alpha value is -1.86. The zero-order valence-electron chi connectivity index (χ0n) is 13.6. The smallest absolute Gasteiger partial charge is 0.268 e. The molecule has 3 aromatic rings. The van der Waals surface area contributed by atoms with E-state index in [1.165, 1.54) is 29.5 Å². The first-order valence-corrected chi connectivity index (χ1v) is 9.46. The molecule has 2 aromatic heterocycles. The predicted molar refractivity (Wildman–Crippen MR) is 96.5 cm³/mol. The summed E-state index contributed by atoms with van der Waals surface area (Å²) in [6.07, 6.45) is -0.303. The standard InChI is InChI=1S/C18H14ClF3N2OS/c19-10-5-4-6-11(9-10)24-16(25)14-12-7-2-1-3-8-13(12)26-15(14)23-17(24)18(20,21)22/h4-6,9H,1-3,7-8H2. The number of halogens is 4. The summed E-state index contributed by atoms with van der Waals surface area (Å²) in [6.45, 7) is 0. The third-order valence-electron chi connectivity index (χ3n) is 4.56. The largest absolute Gasteiger partial charge is 0.450 e. The summed E-state index contributed by atoms with van der Waals surface area (Å²) in [5.41, 5.74) is 0.256. The van der Waals surface area contributed by atoms with Gasteiger partial charge in [-0.3, -0.25) is 9.36 Å². The van der Waals surface area contributed by atoms with Crippen LogP contribution >= 0.6 is 22.9 Å². The molecule has 0 bridgehead atoms. The van der Waals surface area contributed by atoms with Crippen LogP contribution in [0.2, 0.25) is 5.02 Å². The van der Waals surface area contributed by atoms with E-state index in [-0.39, 0.29) is 15.5 Å². The van der Waals surface area contributed by atoms with E-state index >= 15 is 0 Å². The monoisotopic (exact) mass is 398 g/mol. The summed E-state index contributed by atoms with van der Waals surface area (Å²) in [4.78, 5) is 18.2. The van der Waals surface area contributed by atoms with Gasteiger partial charge in [0.15, 0.2) is 0 Å². The van der Waals surface area contributed by atoms with Crippen LogP contribution in [0.15, 0.2) is 29.1 Å². The fourth-order valence-corrected chi connectivity index (χ4v) is 4.86. The second kappa shape index (κ2) is 6.39. The van der Waals surface area contributed by atoms with Gasteiger partial charge in [0, 0.05) is 9.90 Å². The molecule has 3 nitrogen and oxygen atoms in total. The Balaban J connectivity index is 2.09. The molecule has 0 fully saturated rings. The first-order chi connectivity index (χ1) is 12.4. The van der Waals surface area contributed by atoms with Gasteiger partial charge in [0.05, 0.1) is 11.1 Å². The summed E-state index contributed by atoms with van der Waals surface area (Å²) < 4.78 is 41.6. The van der Waals surface area contributed by atoms with Crippen molar-refractivity contribution in [1.29, 1.82) is 0 Å². The van der Waals surface area contributed by atoms with E-state index in [1.807, 2.05) is 0 Å². The number of nitrogens with zero attached hydrogens (tertiary/aromatic N) is 2. The van der Waals surface area contributed by atoms with Crippen LogP contribution in [0.3, 0.4) is 0 Å². The van der Waals surface area contributed by atoms with Gasteiger partial charge in [0.25, 0.3) is 5.56 Å². The number of benzene rings is 1. The second-order valence-corrected chi connectivity index (χ2v) is 7.82. The quantitative estimate of drug-likeness (QED) is 0.515. The maximum atomic E-state index is 13.6. The molecule has 0 aliphatic heterocycles. The SMILES string of the molecule is O=c1c2c3c(sc2nc(C(F)(F)F)n1-c1cccc(Cl)c1)CCCCC3. The number of aromatic nitrogens is 2. The molecule has 136 valence electrons. The number of rotatable bonds is 1. The molecule has 0 saturated heterocycles. The third-order valence-corrected chi connectivity index (χ3v) is 5.98. The van der Waals surface area contributed by atoms with Gasteiger partial charge in [-0.15, -0.1) is 11.3 Å². The fourth-order valence-electron chi connectivity index (χ4n) is 3.43. The molecular weight excluding hydrogens is 385 g/mol. The Kier molecular flexibility index (Phi) is 4.31. The molecule has 1 aliphatic carbocycles. The fraction of sp³-hybridized carbons (Fsp3) is 0.333. The maximum absolute atomic E-state index is 13.6. The molecule has 26 heavy (non-hydrogen) atoms. The van der Waals surface area contributed by atoms with Crippen molar-refractivity contribution >= 4 is 33.2 Å². The molecule has 0 amide bonds. The highest BCUT2D eigenvalue weighted by molar-refractivity contribution is 7.18. The molecule has 0 spiro atoms. The predicted octanol–water partition coefficient (Wildman–Crippen LogP) is 5.39. The average Bonchev–Trinajstić information content (AvgIpc) is 2.76. The first-order valence-electron chi connectivity index (χ1n) is 8.26. The van der Waals surface area contributed by atoms with Crippen LogP contribution in [0.4, 0.5) is 13.2 Å². The van der Waals surface area contributed by atoms with Crippen LogP contribution in [0, 0.1) is 0 Å². The van der Waals surface area contributed by atoms with Crippen LogP contribution in [0.5, 0.6) is 0 Å². The number of thiophene rings is 1. The highest BCUT2D eigenvalue weighted by atomic mass is 35.5. The van der Waals surface area contributed by atoms with Crippen molar-refractivity contribution in [2.45, 2.75) is 38.3 Å². The number of hydrogen-bond donors (Lipinski definition) is 0. The van der Waals surface area contributed by atoms with Gasteiger partial charge >= 0.3 is 6.18 Å². The van der Waals surface area contributed by atoms with Gasteiger partial charge in [-0.1, -0.05) is 24.1 Å².